The molecule has 1 saturated heterocycles. The molecule has 1 saturated carbocycles. The van der Waals surface area contributed by atoms with Crippen molar-refractivity contribution in [3.05, 3.63) is 0 Å². The number of ether oxygens (including phenoxy) is 1. The highest BCUT2D eigenvalue weighted by atomic mass is 16.5. The Morgan fingerprint density at radius 1 is 1.33 bits per heavy atom. The summed E-state index contributed by atoms with van der Waals surface area (Å²) in [6.07, 6.45) is 4.45. The lowest BCUT2D eigenvalue weighted by Gasteiger charge is -2.40. The summed E-state index contributed by atoms with van der Waals surface area (Å²) in [6.45, 7) is 3.62. The van der Waals surface area contributed by atoms with Crippen molar-refractivity contribution < 1.29 is 14.3 Å². The Balaban J connectivity index is 1.89. The summed E-state index contributed by atoms with van der Waals surface area (Å²) in [6, 6.07) is 0.118. The summed E-state index contributed by atoms with van der Waals surface area (Å²) in [4.78, 5) is 23.5. The molecule has 102 valence electrons. The molecule has 0 aromatic heterocycles. The van der Waals surface area contributed by atoms with Crippen molar-refractivity contribution in [3.8, 4) is 0 Å². The van der Waals surface area contributed by atoms with E-state index in [0.29, 0.717) is 6.04 Å². The minimum atomic E-state index is -0.435. The normalized spacial score (nSPS) is 31.7. The summed E-state index contributed by atoms with van der Waals surface area (Å²) in [5, 5.41) is 6.31. The van der Waals surface area contributed by atoms with Gasteiger partial charge in [0.05, 0.1) is 18.6 Å². The zero-order valence-corrected chi connectivity index (χ0v) is 11.1. The molecule has 2 fully saturated rings. The lowest BCUT2D eigenvalue weighted by atomic mass is 9.87. The minimum Gasteiger partial charge on any atom is -0.463 e. The van der Waals surface area contributed by atoms with Crippen LogP contribution in [0.5, 0.6) is 0 Å². The maximum atomic E-state index is 11.9. The van der Waals surface area contributed by atoms with Crippen molar-refractivity contribution in [3.63, 3.8) is 0 Å². The Bertz CT molecular complexity index is 330. The Morgan fingerprint density at radius 3 is 2.67 bits per heavy atom. The Hall–Kier alpha value is -1.10. The number of carbonyl (C=O) groups is 2. The molecular formula is C13H22N2O3. The second kappa shape index (κ2) is 5.69. The van der Waals surface area contributed by atoms with Gasteiger partial charge in [0, 0.05) is 12.1 Å². The molecule has 3 atom stereocenters. The predicted octanol–water partition coefficient (Wildman–Crippen LogP) is 0.727. The van der Waals surface area contributed by atoms with Crippen LogP contribution < -0.4 is 10.6 Å². The number of esters is 1. The van der Waals surface area contributed by atoms with Crippen LogP contribution in [-0.4, -0.2) is 36.1 Å². The fourth-order valence-electron chi connectivity index (χ4n) is 2.75. The second-order valence-corrected chi connectivity index (χ2v) is 5.47. The van der Waals surface area contributed by atoms with E-state index in [0.717, 1.165) is 12.8 Å². The number of hydrogen-bond acceptors (Lipinski definition) is 4. The third kappa shape index (κ3) is 3.22. The molecule has 5 nitrogen and oxygen atoms in total. The molecule has 1 heterocycles. The van der Waals surface area contributed by atoms with E-state index < -0.39 is 6.04 Å². The predicted molar refractivity (Wildman–Crippen MR) is 67.0 cm³/mol. The van der Waals surface area contributed by atoms with Crippen LogP contribution in [0.4, 0.5) is 0 Å². The van der Waals surface area contributed by atoms with Crippen molar-refractivity contribution in [2.24, 2.45) is 0 Å². The number of amides is 1. The topological polar surface area (TPSA) is 67.4 Å². The van der Waals surface area contributed by atoms with E-state index in [1.165, 1.54) is 12.8 Å². The fourth-order valence-corrected chi connectivity index (χ4v) is 2.75. The summed E-state index contributed by atoms with van der Waals surface area (Å²) in [5.74, 6) is -0.384. The molecule has 2 N–H and O–H groups in total. The van der Waals surface area contributed by atoms with Crippen LogP contribution in [0.1, 0.15) is 46.0 Å². The average Bonchev–Trinajstić information content (AvgIpc) is 2.29. The third-order valence-electron chi connectivity index (χ3n) is 3.56. The first-order chi connectivity index (χ1) is 8.56. The molecule has 0 aromatic carbocycles. The van der Waals surface area contributed by atoms with E-state index in [4.69, 9.17) is 4.74 Å². The Morgan fingerprint density at radius 2 is 2.00 bits per heavy atom. The zero-order valence-electron chi connectivity index (χ0n) is 11.1. The van der Waals surface area contributed by atoms with Crippen molar-refractivity contribution >= 4 is 11.9 Å². The van der Waals surface area contributed by atoms with Gasteiger partial charge in [0.1, 0.15) is 0 Å². The Kier molecular flexibility index (Phi) is 4.22. The first kappa shape index (κ1) is 13.3. The van der Waals surface area contributed by atoms with Crippen molar-refractivity contribution in [2.45, 2.75) is 70.2 Å². The second-order valence-electron chi connectivity index (χ2n) is 5.47. The molecule has 0 unspecified atom stereocenters. The van der Waals surface area contributed by atoms with Crippen molar-refractivity contribution in [2.75, 3.05) is 0 Å². The molecule has 1 aliphatic carbocycles. The van der Waals surface area contributed by atoms with E-state index in [-0.39, 0.29) is 30.4 Å². The minimum absolute atomic E-state index is 0.0705. The van der Waals surface area contributed by atoms with E-state index in [1.807, 2.05) is 13.8 Å². The third-order valence-corrected chi connectivity index (χ3v) is 3.56. The van der Waals surface area contributed by atoms with Gasteiger partial charge in [-0.25, -0.2) is 0 Å². The fraction of sp³-hybridized carbons (Fsp3) is 0.846. The smallest absolute Gasteiger partial charge is 0.308 e. The van der Waals surface area contributed by atoms with Gasteiger partial charge in [-0.2, -0.15) is 0 Å². The van der Waals surface area contributed by atoms with E-state index >= 15 is 0 Å². The van der Waals surface area contributed by atoms with Gasteiger partial charge < -0.3 is 15.4 Å². The molecule has 18 heavy (non-hydrogen) atoms. The number of carbonyl (C=O) groups excluding carboxylic acids is 2. The first-order valence-corrected chi connectivity index (χ1v) is 6.82. The molecule has 1 aliphatic heterocycles. The summed E-state index contributed by atoms with van der Waals surface area (Å²) in [7, 11) is 0. The molecule has 0 spiro atoms. The maximum absolute atomic E-state index is 11.9. The Labute approximate surface area is 108 Å². The monoisotopic (exact) mass is 254 g/mol. The van der Waals surface area contributed by atoms with Gasteiger partial charge in [-0.15, -0.1) is 0 Å². The van der Waals surface area contributed by atoms with Gasteiger partial charge in [-0.1, -0.05) is 12.8 Å². The van der Waals surface area contributed by atoms with Crippen LogP contribution in [-0.2, 0) is 14.3 Å². The molecule has 2 rings (SSSR count). The quantitative estimate of drug-likeness (QED) is 0.729. The molecular weight excluding hydrogens is 232 g/mol. The lowest BCUT2D eigenvalue weighted by molar-refractivity contribution is -0.150. The van der Waals surface area contributed by atoms with Crippen LogP contribution in [0.3, 0.4) is 0 Å². The molecule has 0 bridgehead atoms. The van der Waals surface area contributed by atoms with Gasteiger partial charge >= 0.3 is 5.97 Å². The van der Waals surface area contributed by atoms with Crippen LogP contribution >= 0.6 is 0 Å². The van der Waals surface area contributed by atoms with Crippen LogP contribution in [0.25, 0.3) is 0 Å². The molecule has 1 amide bonds. The van der Waals surface area contributed by atoms with E-state index in [2.05, 4.69) is 10.6 Å². The largest absolute Gasteiger partial charge is 0.463 e. The molecule has 2 aliphatic rings. The van der Waals surface area contributed by atoms with E-state index in [9.17, 15) is 9.59 Å². The first-order valence-electron chi connectivity index (χ1n) is 6.82. The molecule has 0 radical (unpaired) electrons. The standard InChI is InChI=1S/C13H22N2O3/c1-8(2)18-12(16)7-11-13(17)15-10-6-4-3-5-9(10)14-11/h8-11,14H,3-7H2,1-2H3,(H,15,17)/t9-,10-,11-/m0/s1. The number of fused-ring (bicyclic) bond motifs is 1. The molecule has 0 aromatic rings. The van der Waals surface area contributed by atoms with Gasteiger partial charge in [0.25, 0.3) is 0 Å². The SMILES string of the molecule is CC(C)OC(=O)C[C@@H]1N[C@H]2CCCC[C@@H]2NC1=O. The number of piperazine rings is 1. The highest BCUT2D eigenvalue weighted by molar-refractivity contribution is 5.87. The van der Waals surface area contributed by atoms with Gasteiger partial charge in [-0.05, 0) is 26.7 Å². The van der Waals surface area contributed by atoms with Crippen LogP contribution in [0, 0.1) is 0 Å². The van der Waals surface area contributed by atoms with Gasteiger partial charge in [0.15, 0.2) is 0 Å². The number of hydrogen-bond donors (Lipinski definition) is 2. The zero-order chi connectivity index (χ0) is 13.1. The van der Waals surface area contributed by atoms with E-state index in [1.54, 1.807) is 0 Å². The maximum Gasteiger partial charge on any atom is 0.308 e. The van der Waals surface area contributed by atoms with Crippen molar-refractivity contribution in [1.82, 2.24) is 10.6 Å². The number of nitrogens with one attached hydrogen (secondary N) is 2. The highest BCUT2D eigenvalue weighted by Gasteiger charge is 2.37. The van der Waals surface area contributed by atoms with Crippen LogP contribution in [0.15, 0.2) is 0 Å². The average molecular weight is 254 g/mol. The van der Waals surface area contributed by atoms with Gasteiger partial charge in [0.2, 0.25) is 5.91 Å². The summed E-state index contributed by atoms with van der Waals surface area (Å²) < 4.78 is 5.08. The van der Waals surface area contributed by atoms with Gasteiger partial charge in [-0.3, -0.25) is 9.59 Å². The number of rotatable bonds is 3. The highest BCUT2D eigenvalue weighted by Crippen LogP contribution is 2.22. The summed E-state index contributed by atoms with van der Waals surface area (Å²) >= 11 is 0. The lowest BCUT2D eigenvalue weighted by Crippen LogP contribution is -2.65. The summed E-state index contributed by atoms with van der Waals surface area (Å²) in [5.41, 5.74) is 0. The molecule has 5 heteroatoms. The van der Waals surface area contributed by atoms with Crippen LogP contribution in [0.2, 0.25) is 0 Å². The van der Waals surface area contributed by atoms with Crippen molar-refractivity contribution in [1.29, 1.82) is 0 Å².